The molecule has 2 fully saturated rings. The Kier molecular flexibility index (Phi) is 4.79. The predicted molar refractivity (Wildman–Crippen MR) is 112 cm³/mol. The lowest BCUT2D eigenvalue weighted by molar-refractivity contribution is 0.436. The van der Waals surface area contributed by atoms with Crippen LogP contribution >= 0.6 is 0 Å². The quantitative estimate of drug-likeness (QED) is 0.700. The molecule has 6 heteroatoms. The molecule has 0 amide bonds. The fraction of sp³-hybridized carbons (Fsp3) is 0.591. The van der Waals surface area contributed by atoms with Gasteiger partial charge < -0.3 is 5.32 Å². The van der Waals surface area contributed by atoms with Crippen LogP contribution in [0.5, 0.6) is 0 Å². The van der Waals surface area contributed by atoms with E-state index in [4.69, 9.17) is 10.1 Å². The molecule has 0 spiro atoms. The molecule has 0 radical (unpaired) electrons. The normalized spacial score (nSPS) is 19.3. The molecule has 28 heavy (non-hydrogen) atoms. The van der Waals surface area contributed by atoms with Gasteiger partial charge in [-0.25, -0.2) is 4.98 Å². The molecular weight excluding hydrogens is 348 g/mol. The number of hydrogen-bond donors (Lipinski definition) is 1. The van der Waals surface area contributed by atoms with Crippen LogP contribution < -0.4 is 5.32 Å². The molecule has 0 aromatic carbocycles. The first-order chi connectivity index (χ1) is 13.8. The van der Waals surface area contributed by atoms with Crippen LogP contribution in [-0.4, -0.2) is 30.4 Å². The van der Waals surface area contributed by atoms with E-state index in [2.05, 4.69) is 16.5 Å². The largest absolute Gasteiger partial charge is 0.367 e. The highest BCUT2D eigenvalue weighted by molar-refractivity contribution is 5.77. The Morgan fingerprint density at radius 1 is 0.929 bits per heavy atom. The van der Waals surface area contributed by atoms with Gasteiger partial charge in [-0.3, -0.25) is 4.68 Å². The molecule has 0 unspecified atom stereocenters. The van der Waals surface area contributed by atoms with Gasteiger partial charge in [0.2, 0.25) is 0 Å². The highest BCUT2D eigenvalue weighted by Crippen LogP contribution is 2.35. The van der Waals surface area contributed by atoms with E-state index >= 15 is 0 Å². The highest BCUT2D eigenvalue weighted by atomic mass is 15.3. The maximum Gasteiger partial charge on any atom is 0.165 e. The number of aromatic nitrogens is 5. The number of hydrogen-bond acceptors (Lipinski definition) is 4. The minimum atomic E-state index is 0.546. The molecule has 0 saturated heterocycles. The van der Waals surface area contributed by atoms with Crippen molar-refractivity contribution in [3.05, 3.63) is 30.4 Å². The van der Waals surface area contributed by atoms with Crippen LogP contribution in [0.25, 0.3) is 16.8 Å². The number of nitrogens with one attached hydrogen (secondary N) is 1. The maximum atomic E-state index is 5.12. The van der Waals surface area contributed by atoms with Gasteiger partial charge in [0, 0.05) is 48.1 Å². The molecule has 3 aromatic heterocycles. The van der Waals surface area contributed by atoms with E-state index in [0.29, 0.717) is 12.0 Å². The molecule has 2 aliphatic carbocycles. The Labute approximate surface area is 166 Å². The molecule has 6 nitrogen and oxygen atoms in total. The summed E-state index contributed by atoms with van der Waals surface area (Å²) in [7, 11) is 1.95. The summed E-state index contributed by atoms with van der Waals surface area (Å²) < 4.78 is 3.84. The molecular formula is C22H30N6. The second kappa shape index (κ2) is 7.57. The summed E-state index contributed by atoms with van der Waals surface area (Å²) in [6.07, 6.45) is 18.9. The lowest BCUT2D eigenvalue weighted by atomic mass is 9.86. The fourth-order valence-corrected chi connectivity index (χ4v) is 4.91. The van der Waals surface area contributed by atoms with Crippen LogP contribution in [0, 0.1) is 0 Å². The van der Waals surface area contributed by atoms with Crippen molar-refractivity contribution in [2.75, 3.05) is 5.32 Å². The van der Waals surface area contributed by atoms with Gasteiger partial charge in [-0.1, -0.05) is 38.5 Å². The average molecular weight is 379 g/mol. The van der Waals surface area contributed by atoms with E-state index < -0.39 is 0 Å². The second-order valence-electron chi connectivity index (χ2n) is 8.58. The highest BCUT2D eigenvalue weighted by Gasteiger charge is 2.22. The maximum absolute atomic E-state index is 5.12. The number of rotatable bonds is 4. The molecule has 0 bridgehead atoms. The van der Waals surface area contributed by atoms with Crippen molar-refractivity contribution in [2.45, 2.75) is 76.2 Å². The molecule has 2 saturated carbocycles. The van der Waals surface area contributed by atoms with Crippen molar-refractivity contribution >= 4 is 11.5 Å². The summed E-state index contributed by atoms with van der Waals surface area (Å²) in [5.74, 6) is 1.68. The van der Waals surface area contributed by atoms with Crippen molar-refractivity contribution in [1.29, 1.82) is 0 Å². The fourth-order valence-electron chi connectivity index (χ4n) is 4.91. The van der Waals surface area contributed by atoms with Crippen molar-refractivity contribution in [3.63, 3.8) is 0 Å². The molecule has 3 heterocycles. The van der Waals surface area contributed by atoms with Gasteiger partial charge in [0.05, 0.1) is 12.4 Å². The first-order valence-corrected chi connectivity index (χ1v) is 10.9. The van der Waals surface area contributed by atoms with Gasteiger partial charge in [0.15, 0.2) is 5.65 Å². The van der Waals surface area contributed by atoms with Crippen LogP contribution in [0.15, 0.2) is 24.7 Å². The SMILES string of the molecule is Cn1cc(-c2cnn3c(NC4CCCCC4)cc(C4CCCCC4)nc23)cn1. The van der Waals surface area contributed by atoms with Crippen molar-refractivity contribution in [3.8, 4) is 11.1 Å². The molecule has 5 rings (SSSR count). The molecule has 0 atom stereocenters. The Balaban J connectivity index is 1.58. The topological polar surface area (TPSA) is 60.0 Å². The zero-order valence-electron chi connectivity index (χ0n) is 16.8. The average Bonchev–Trinajstić information content (AvgIpc) is 3.35. The molecule has 3 aromatic rings. The van der Waals surface area contributed by atoms with E-state index in [1.54, 1.807) is 0 Å². The van der Waals surface area contributed by atoms with Crippen molar-refractivity contribution in [1.82, 2.24) is 24.4 Å². The third-order valence-electron chi connectivity index (χ3n) is 6.49. The Morgan fingerprint density at radius 2 is 1.68 bits per heavy atom. The summed E-state index contributed by atoms with van der Waals surface area (Å²) in [5.41, 5.74) is 4.33. The van der Waals surface area contributed by atoms with E-state index in [9.17, 15) is 0 Å². The van der Waals surface area contributed by atoms with Gasteiger partial charge in [-0.05, 0) is 25.7 Å². The molecule has 148 valence electrons. The van der Waals surface area contributed by atoms with Crippen LogP contribution in [0.4, 0.5) is 5.82 Å². The Hall–Kier alpha value is -2.37. The summed E-state index contributed by atoms with van der Waals surface area (Å²) in [5, 5.41) is 12.9. The molecule has 2 aliphatic rings. The van der Waals surface area contributed by atoms with Crippen molar-refractivity contribution in [2.24, 2.45) is 7.05 Å². The molecule has 0 aliphatic heterocycles. The van der Waals surface area contributed by atoms with Crippen LogP contribution in [0.1, 0.15) is 75.8 Å². The molecule has 1 N–H and O–H groups in total. The second-order valence-corrected chi connectivity index (χ2v) is 8.58. The first kappa shape index (κ1) is 17.7. The summed E-state index contributed by atoms with van der Waals surface area (Å²) in [6, 6.07) is 2.82. The Morgan fingerprint density at radius 3 is 2.39 bits per heavy atom. The van der Waals surface area contributed by atoms with E-state index in [1.165, 1.54) is 69.9 Å². The van der Waals surface area contributed by atoms with Gasteiger partial charge in [0.1, 0.15) is 5.82 Å². The standard InChI is InChI=1S/C22H30N6/c1-27-15-17(13-23-27)19-14-24-28-21(25-18-10-6-3-7-11-18)12-20(26-22(19)28)16-8-4-2-5-9-16/h12-16,18,25H,2-11H2,1H3. The van der Waals surface area contributed by atoms with Crippen LogP contribution in [0.3, 0.4) is 0 Å². The van der Waals surface area contributed by atoms with Crippen molar-refractivity contribution < 1.29 is 0 Å². The smallest absolute Gasteiger partial charge is 0.165 e. The lowest BCUT2D eigenvalue weighted by Gasteiger charge is -2.26. The summed E-state index contributed by atoms with van der Waals surface area (Å²) in [6.45, 7) is 0. The zero-order chi connectivity index (χ0) is 18.9. The monoisotopic (exact) mass is 378 g/mol. The summed E-state index contributed by atoms with van der Waals surface area (Å²) in [4.78, 5) is 5.12. The number of aryl methyl sites for hydroxylation is 1. The van der Waals surface area contributed by atoms with Gasteiger partial charge in [-0.15, -0.1) is 0 Å². The third kappa shape index (κ3) is 3.40. The number of anilines is 1. The van der Waals surface area contributed by atoms with Gasteiger partial charge in [0.25, 0.3) is 0 Å². The third-order valence-corrected chi connectivity index (χ3v) is 6.49. The first-order valence-electron chi connectivity index (χ1n) is 10.9. The minimum Gasteiger partial charge on any atom is -0.367 e. The van der Waals surface area contributed by atoms with Crippen LogP contribution in [0.2, 0.25) is 0 Å². The van der Waals surface area contributed by atoms with Crippen LogP contribution in [-0.2, 0) is 7.05 Å². The van der Waals surface area contributed by atoms with E-state index in [1.807, 2.05) is 34.8 Å². The van der Waals surface area contributed by atoms with Gasteiger partial charge in [-0.2, -0.15) is 14.7 Å². The lowest BCUT2D eigenvalue weighted by Crippen LogP contribution is -2.24. The van der Waals surface area contributed by atoms with E-state index in [0.717, 1.165) is 22.6 Å². The predicted octanol–water partition coefficient (Wildman–Crippen LogP) is 4.92. The summed E-state index contributed by atoms with van der Waals surface area (Å²) >= 11 is 0. The Bertz CT molecular complexity index is 943. The number of fused-ring (bicyclic) bond motifs is 1. The zero-order valence-corrected chi connectivity index (χ0v) is 16.8. The minimum absolute atomic E-state index is 0.546. The van der Waals surface area contributed by atoms with E-state index in [-0.39, 0.29) is 0 Å². The van der Waals surface area contributed by atoms with Gasteiger partial charge >= 0.3 is 0 Å². The number of nitrogens with zero attached hydrogens (tertiary/aromatic N) is 5.